The maximum absolute atomic E-state index is 11.7. The predicted molar refractivity (Wildman–Crippen MR) is 182 cm³/mol. The predicted octanol–water partition coefficient (Wildman–Crippen LogP) is 8.30. The molecule has 5 unspecified atom stereocenters. The molecule has 0 radical (unpaired) electrons. The molecule has 0 aromatic carbocycles. The Hall–Kier alpha value is -0.320. The van der Waals surface area contributed by atoms with Gasteiger partial charge in [0.1, 0.15) is 12.2 Å². The van der Waals surface area contributed by atoms with Crippen LogP contribution in [0.1, 0.15) is 181 Å². The van der Waals surface area contributed by atoms with Crippen molar-refractivity contribution in [2.24, 2.45) is 0 Å². The number of unbranched alkanes of at least 4 members (excludes halogenated alkanes) is 22. The Morgan fingerprint density at radius 2 is 0.844 bits per heavy atom. The first-order valence-corrected chi connectivity index (χ1v) is 19.2. The lowest BCUT2D eigenvalue weighted by atomic mass is 9.91. The lowest BCUT2D eigenvalue weighted by molar-refractivity contribution is -0.498. The van der Waals surface area contributed by atoms with Crippen LogP contribution in [0.2, 0.25) is 0 Å². The highest BCUT2D eigenvalue weighted by molar-refractivity contribution is 5.02. The fourth-order valence-electron chi connectivity index (χ4n) is 6.18. The minimum Gasteiger partial charge on any atom is -0.394 e. The molecule has 1 aliphatic heterocycles. The zero-order valence-corrected chi connectivity index (χ0v) is 29.7. The molecule has 0 spiro atoms. The molecule has 45 heavy (non-hydrogen) atoms. The molecule has 0 aromatic rings. The molecule has 270 valence electrons. The van der Waals surface area contributed by atoms with Gasteiger partial charge in [0, 0.05) is 6.61 Å². The van der Waals surface area contributed by atoms with Gasteiger partial charge in [-0.1, -0.05) is 162 Å². The van der Waals surface area contributed by atoms with Crippen molar-refractivity contribution in [2.75, 3.05) is 26.4 Å². The van der Waals surface area contributed by atoms with Gasteiger partial charge in [-0.05, 0) is 19.3 Å². The van der Waals surface area contributed by atoms with Crippen LogP contribution in [0.15, 0.2) is 0 Å². The highest BCUT2D eigenvalue weighted by atomic mass is 16.8. The van der Waals surface area contributed by atoms with Crippen LogP contribution < -0.4 is 0 Å². The molecular formula is C37H74O8. The summed E-state index contributed by atoms with van der Waals surface area (Å²) in [5.41, 5.74) is 0. The lowest BCUT2D eigenvalue weighted by Crippen LogP contribution is -2.77. The zero-order chi connectivity index (χ0) is 33.1. The third-order valence-electron chi connectivity index (χ3n) is 9.18. The normalized spacial score (nSPS) is 25.3. The number of hydrogen-bond donors (Lipinski definition) is 4. The maximum atomic E-state index is 11.7. The number of ether oxygens (including phenoxy) is 4. The second-order valence-corrected chi connectivity index (χ2v) is 13.4. The zero-order valence-electron chi connectivity index (χ0n) is 29.7. The van der Waals surface area contributed by atoms with Crippen LogP contribution in [0.4, 0.5) is 0 Å². The van der Waals surface area contributed by atoms with E-state index in [2.05, 4.69) is 13.8 Å². The smallest absolute Gasteiger partial charge is 0.276 e. The topological polar surface area (TPSA) is 118 Å². The summed E-state index contributed by atoms with van der Waals surface area (Å²) in [6, 6.07) is 0. The molecule has 1 rings (SSSR count). The first kappa shape index (κ1) is 42.7. The molecule has 1 heterocycles. The molecule has 1 aliphatic rings. The van der Waals surface area contributed by atoms with Crippen molar-refractivity contribution in [3.63, 3.8) is 0 Å². The molecule has 1 fully saturated rings. The van der Waals surface area contributed by atoms with Gasteiger partial charge in [0.25, 0.3) is 11.6 Å². The number of aliphatic hydroxyl groups excluding tert-OH is 2. The average molecular weight is 647 g/mol. The molecule has 0 bridgehead atoms. The summed E-state index contributed by atoms with van der Waals surface area (Å²) >= 11 is 0. The Kier molecular flexibility index (Phi) is 26.2. The van der Waals surface area contributed by atoms with E-state index in [1.807, 2.05) is 6.92 Å². The molecule has 8 heteroatoms. The van der Waals surface area contributed by atoms with Gasteiger partial charge in [0.15, 0.2) is 0 Å². The Morgan fingerprint density at radius 1 is 0.489 bits per heavy atom. The van der Waals surface area contributed by atoms with Gasteiger partial charge >= 0.3 is 0 Å². The molecule has 0 amide bonds. The lowest BCUT2D eigenvalue weighted by Gasteiger charge is -2.53. The summed E-state index contributed by atoms with van der Waals surface area (Å²) in [7, 11) is 0. The van der Waals surface area contributed by atoms with E-state index in [-0.39, 0.29) is 19.8 Å². The van der Waals surface area contributed by atoms with E-state index >= 15 is 0 Å². The van der Waals surface area contributed by atoms with Gasteiger partial charge in [-0.25, -0.2) is 0 Å². The van der Waals surface area contributed by atoms with Crippen molar-refractivity contribution in [3.8, 4) is 0 Å². The SMILES string of the molecule is CCCCCCCCCCCCCCOC1(O)C(OCCC)OC(CO)C(O)C1(O)OCCCCCCCCCCCCCC. The van der Waals surface area contributed by atoms with Gasteiger partial charge in [-0.15, -0.1) is 0 Å². The summed E-state index contributed by atoms with van der Waals surface area (Å²) in [4.78, 5) is 0. The summed E-state index contributed by atoms with van der Waals surface area (Å²) in [5.74, 6) is -4.95. The van der Waals surface area contributed by atoms with E-state index in [1.54, 1.807) is 0 Å². The molecule has 5 atom stereocenters. The largest absolute Gasteiger partial charge is 0.394 e. The van der Waals surface area contributed by atoms with Gasteiger partial charge in [-0.2, -0.15) is 0 Å². The van der Waals surface area contributed by atoms with Crippen LogP contribution in [0.3, 0.4) is 0 Å². The Bertz CT molecular complexity index is 652. The van der Waals surface area contributed by atoms with E-state index in [9.17, 15) is 20.4 Å². The Balaban J connectivity index is 2.50. The van der Waals surface area contributed by atoms with E-state index in [1.165, 1.54) is 116 Å². The number of aliphatic hydroxyl groups is 4. The summed E-state index contributed by atoms with van der Waals surface area (Å²) in [5, 5.41) is 44.3. The molecule has 8 nitrogen and oxygen atoms in total. The van der Waals surface area contributed by atoms with Crippen LogP contribution in [-0.4, -0.2) is 76.9 Å². The minimum atomic E-state index is -2.51. The van der Waals surface area contributed by atoms with E-state index in [0.717, 1.165) is 25.7 Å². The van der Waals surface area contributed by atoms with Crippen molar-refractivity contribution in [1.82, 2.24) is 0 Å². The van der Waals surface area contributed by atoms with Gasteiger partial charge in [-0.3, -0.25) is 0 Å². The molecule has 1 saturated heterocycles. The fraction of sp³-hybridized carbons (Fsp3) is 1.00. The fourth-order valence-corrected chi connectivity index (χ4v) is 6.18. The van der Waals surface area contributed by atoms with Crippen LogP contribution in [-0.2, 0) is 18.9 Å². The van der Waals surface area contributed by atoms with E-state index in [4.69, 9.17) is 18.9 Å². The van der Waals surface area contributed by atoms with Crippen molar-refractivity contribution < 1.29 is 39.4 Å². The van der Waals surface area contributed by atoms with Crippen LogP contribution in [0.25, 0.3) is 0 Å². The van der Waals surface area contributed by atoms with Crippen molar-refractivity contribution in [2.45, 2.75) is 211 Å². The summed E-state index contributed by atoms with van der Waals surface area (Å²) in [6.07, 6.45) is 25.1. The van der Waals surface area contributed by atoms with Crippen molar-refractivity contribution in [1.29, 1.82) is 0 Å². The number of hydrogen-bond acceptors (Lipinski definition) is 8. The standard InChI is InChI=1S/C37H74O8/c1-4-7-9-11-13-15-17-19-21-23-25-27-30-43-36(40)34(39)33(32-38)45-35(42-29-6-3)37(36,41)44-31-28-26-24-22-20-18-16-14-12-10-8-5-2/h33-35,38-41H,4-32H2,1-3H3. The monoisotopic (exact) mass is 647 g/mol. The van der Waals surface area contributed by atoms with Crippen LogP contribution >= 0.6 is 0 Å². The second-order valence-electron chi connectivity index (χ2n) is 13.4. The second kappa shape index (κ2) is 27.6. The summed E-state index contributed by atoms with van der Waals surface area (Å²) < 4.78 is 23.2. The van der Waals surface area contributed by atoms with Crippen LogP contribution in [0, 0.1) is 0 Å². The Labute approximate surface area is 277 Å². The average Bonchev–Trinajstić information content (AvgIpc) is 3.04. The van der Waals surface area contributed by atoms with Crippen molar-refractivity contribution in [3.05, 3.63) is 0 Å². The summed E-state index contributed by atoms with van der Waals surface area (Å²) in [6.45, 7) is 6.39. The van der Waals surface area contributed by atoms with Crippen molar-refractivity contribution >= 4 is 0 Å². The van der Waals surface area contributed by atoms with Gasteiger partial charge in [0.05, 0.1) is 19.8 Å². The highest BCUT2D eigenvalue weighted by Crippen LogP contribution is 2.41. The first-order chi connectivity index (χ1) is 21.9. The van der Waals surface area contributed by atoms with Gasteiger partial charge in [0.2, 0.25) is 6.29 Å². The maximum Gasteiger partial charge on any atom is 0.276 e. The number of rotatable bonds is 32. The molecule has 0 aromatic heterocycles. The first-order valence-electron chi connectivity index (χ1n) is 19.2. The molecular weight excluding hydrogens is 572 g/mol. The third-order valence-corrected chi connectivity index (χ3v) is 9.18. The van der Waals surface area contributed by atoms with Gasteiger partial charge < -0.3 is 39.4 Å². The minimum absolute atomic E-state index is 0.133. The Morgan fingerprint density at radius 3 is 1.20 bits per heavy atom. The molecule has 0 saturated carbocycles. The van der Waals surface area contributed by atoms with Crippen LogP contribution in [0.5, 0.6) is 0 Å². The third kappa shape index (κ3) is 17.1. The molecule has 0 aliphatic carbocycles. The van der Waals surface area contributed by atoms with E-state index < -0.39 is 36.7 Å². The molecule has 4 N–H and O–H groups in total. The highest BCUT2D eigenvalue weighted by Gasteiger charge is 2.68. The quantitative estimate of drug-likeness (QED) is 0.0426. The van der Waals surface area contributed by atoms with E-state index in [0.29, 0.717) is 19.3 Å².